The molecule has 0 aromatic carbocycles. The molecule has 2 heteroatoms. The van der Waals surface area contributed by atoms with Crippen LogP contribution >= 0.6 is 0 Å². The highest BCUT2D eigenvalue weighted by atomic mass is 16.5. The lowest BCUT2D eigenvalue weighted by molar-refractivity contribution is 0.110. The molecule has 1 aliphatic rings. The molecule has 0 aliphatic carbocycles. The topological polar surface area (TPSA) is 21.3 Å². The Bertz CT molecular complexity index is 67.3. The number of hydrogen-bond acceptors (Lipinski definition) is 2. The van der Waals surface area contributed by atoms with Crippen molar-refractivity contribution in [3.8, 4) is 0 Å². The van der Waals surface area contributed by atoms with Crippen molar-refractivity contribution in [1.82, 2.24) is 5.32 Å². The van der Waals surface area contributed by atoms with Gasteiger partial charge in [0.05, 0.1) is 6.61 Å². The molecule has 0 aromatic heterocycles. The van der Waals surface area contributed by atoms with E-state index in [0.29, 0.717) is 0 Å². The summed E-state index contributed by atoms with van der Waals surface area (Å²) in [5.41, 5.74) is 0. The van der Waals surface area contributed by atoms with E-state index in [4.69, 9.17) is 4.74 Å². The van der Waals surface area contributed by atoms with Gasteiger partial charge in [-0.2, -0.15) is 0 Å². The van der Waals surface area contributed by atoms with E-state index in [1.165, 1.54) is 6.42 Å². The first-order valence-corrected chi connectivity index (χ1v) is 3.68. The van der Waals surface area contributed by atoms with Crippen molar-refractivity contribution in [2.75, 3.05) is 26.3 Å². The van der Waals surface area contributed by atoms with Crippen molar-refractivity contribution in [1.29, 1.82) is 0 Å². The molecule has 1 atom stereocenters. The predicted octanol–water partition coefficient (Wildman–Crippen LogP) is 0.632. The zero-order valence-electron chi connectivity index (χ0n) is 6.02. The summed E-state index contributed by atoms with van der Waals surface area (Å²) in [5, 5.41) is 3.31. The van der Waals surface area contributed by atoms with Crippen molar-refractivity contribution in [3.05, 3.63) is 0 Å². The van der Waals surface area contributed by atoms with Crippen molar-refractivity contribution in [2.24, 2.45) is 5.92 Å². The minimum Gasteiger partial charge on any atom is -0.380 e. The molecule has 1 fully saturated rings. The molecule has 1 heterocycles. The molecule has 0 amide bonds. The lowest BCUT2D eigenvalue weighted by Crippen LogP contribution is -2.28. The Morgan fingerprint density at radius 1 is 1.44 bits per heavy atom. The first-order valence-electron chi connectivity index (χ1n) is 3.68. The lowest BCUT2D eigenvalue weighted by Gasteiger charge is -2.16. The zero-order valence-corrected chi connectivity index (χ0v) is 6.02. The van der Waals surface area contributed by atoms with Crippen LogP contribution in [0.2, 0.25) is 0 Å². The highest BCUT2D eigenvalue weighted by Gasteiger charge is 2.03. The molecule has 54 valence electrons. The van der Waals surface area contributed by atoms with Crippen LogP contribution in [0.5, 0.6) is 0 Å². The molecular formula is C7H15NO. The molecule has 1 saturated heterocycles. The largest absolute Gasteiger partial charge is 0.380 e. The van der Waals surface area contributed by atoms with Crippen LogP contribution in [0.4, 0.5) is 0 Å². The normalized spacial score (nSPS) is 31.0. The number of ether oxygens (including phenoxy) is 1. The van der Waals surface area contributed by atoms with Gasteiger partial charge in [0.2, 0.25) is 0 Å². The fourth-order valence-electron chi connectivity index (χ4n) is 0.981. The van der Waals surface area contributed by atoms with Crippen LogP contribution in [0.25, 0.3) is 0 Å². The molecule has 9 heavy (non-hydrogen) atoms. The molecule has 2 nitrogen and oxygen atoms in total. The van der Waals surface area contributed by atoms with Crippen molar-refractivity contribution >= 4 is 0 Å². The van der Waals surface area contributed by atoms with Gasteiger partial charge in [-0.15, -0.1) is 0 Å². The second-order valence-corrected chi connectivity index (χ2v) is 2.71. The predicted molar refractivity (Wildman–Crippen MR) is 37.5 cm³/mol. The third-order valence-corrected chi connectivity index (χ3v) is 1.67. The SMILES string of the molecule is CC1CCOCCNC1. The molecule has 0 bridgehead atoms. The van der Waals surface area contributed by atoms with Crippen LogP contribution in [0.1, 0.15) is 13.3 Å². The van der Waals surface area contributed by atoms with Gasteiger partial charge in [0.25, 0.3) is 0 Å². The molecule has 1 rings (SSSR count). The molecule has 0 radical (unpaired) electrons. The van der Waals surface area contributed by atoms with Crippen molar-refractivity contribution in [3.63, 3.8) is 0 Å². The fraction of sp³-hybridized carbons (Fsp3) is 1.00. The minimum atomic E-state index is 0.783. The summed E-state index contributed by atoms with van der Waals surface area (Å²) in [5.74, 6) is 0.783. The molecule has 1 N–H and O–H groups in total. The van der Waals surface area contributed by atoms with Crippen LogP contribution in [0.15, 0.2) is 0 Å². The Morgan fingerprint density at radius 3 is 3.22 bits per heavy atom. The van der Waals surface area contributed by atoms with Gasteiger partial charge in [-0.25, -0.2) is 0 Å². The smallest absolute Gasteiger partial charge is 0.0590 e. The molecule has 0 saturated carbocycles. The van der Waals surface area contributed by atoms with E-state index < -0.39 is 0 Å². The van der Waals surface area contributed by atoms with Gasteiger partial charge in [-0.1, -0.05) is 6.92 Å². The van der Waals surface area contributed by atoms with Gasteiger partial charge >= 0.3 is 0 Å². The monoisotopic (exact) mass is 129 g/mol. The van der Waals surface area contributed by atoms with E-state index in [0.717, 1.165) is 32.2 Å². The van der Waals surface area contributed by atoms with Crippen LogP contribution in [0, 0.1) is 5.92 Å². The summed E-state index contributed by atoms with van der Waals surface area (Å²) in [6.45, 7) is 6.25. The minimum absolute atomic E-state index is 0.783. The van der Waals surface area contributed by atoms with Gasteiger partial charge in [0.1, 0.15) is 0 Å². The van der Waals surface area contributed by atoms with Crippen molar-refractivity contribution < 1.29 is 4.74 Å². The Morgan fingerprint density at radius 2 is 2.33 bits per heavy atom. The molecular weight excluding hydrogens is 114 g/mol. The van der Waals surface area contributed by atoms with E-state index >= 15 is 0 Å². The van der Waals surface area contributed by atoms with E-state index in [-0.39, 0.29) is 0 Å². The standard InChI is InChI=1S/C7H15NO/c1-7-2-4-9-5-3-8-6-7/h7-8H,2-6H2,1H3. The summed E-state index contributed by atoms with van der Waals surface area (Å²) < 4.78 is 5.28. The van der Waals surface area contributed by atoms with Gasteiger partial charge in [-0.05, 0) is 18.9 Å². The molecule has 1 unspecified atom stereocenters. The fourth-order valence-corrected chi connectivity index (χ4v) is 0.981. The van der Waals surface area contributed by atoms with E-state index in [1.54, 1.807) is 0 Å². The highest BCUT2D eigenvalue weighted by Crippen LogP contribution is 2.01. The zero-order chi connectivity index (χ0) is 6.53. The van der Waals surface area contributed by atoms with Gasteiger partial charge in [0.15, 0.2) is 0 Å². The van der Waals surface area contributed by atoms with Crippen molar-refractivity contribution in [2.45, 2.75) is 13.3 Å². The average Bonchev–Trinajstić information content (AvgIpc) is 1.79. The summed E-state index contributed by atoms with van der Waals surface area (Å²) in [4.78, 5) is 0. The second kappa shape index (κ2) is 3.85. The van der Waals surface area contributed by atoms with Gasteiger partial charge in [0, 0.05) is 13.2 Å². The number of rotatable bonds is 0. The maximum Gasteiger partial charge on any atom is 0.0590 e. The lowest BCUT2D eigenvalue weighted by atomic mass is 10.1. The average molecular weight is 129 g/mol. The Labute approximate surface area is 56.6 Å². The van der Waals surface area contributed by atoms with Crippen LogP contribution in [0.3, 0.4) is 0 Å². The molecule has 0 aromatic rings. The van der Waals surface area contributed by atoms with Crippen LogP contribution in [-0.4, -0.2) is 26.3 Å². The summed E-state index contributed by atoms with van der Waals surface area (Å²) in [6, 6.07) is 0. The van der Waals surface area contributed by atoms with Gasteiger partial charge < -0.3 is 10.1 Å². The maximum atomic E-state index is 5.28. The van der Waals surface area contributed by atoms with E-state index in [1.807, 2.05) is 0 Å². The Hall–Kier alpha value is -0.0800. The first-order chi connectivity index (χ1) is 4.39. The molecule has 0 spiro atoms. The number of hydrogen-bond donors (Lipinski definition) is 1. The summed E-state index contributed by atoms with van der Waals surface area (Å²) in [6.07, 6.45) is 1.20. The third-order valence-electron chi connectivity index (χ3n) is 1.67. The van der Waals surface area contributed by atoms with E-state index in [2.05, 4.69) is 12.2 Å². The van der Waals surface area contributed by atoms with Crippen LogP contribution in [-0.2, 0) is 4.74 Å². The van der Waals surface area contributed by atoms with E-state index in [9.17, 15) is 0 Å². The summed E-state index contributed by atoms with van der Waals surface area (Å²) >= 11 is 0. The quantitative estimate of drug-likeness (QED) is 0.518. The summed E-state index contributed by atoms with van der Waals surface area (Å²) in [7, 11) is 0. The van der Waals surface area contributed by atoms with Gasteiger partial charge in [-0.3, -0.25) is 0 Å². The Kier molecular flexibility index (Phi) is 3.01. The number of nitrogens with one attached hydrogen (secondary N) is 1. The maximum absolute atomic E-state index is 5.28. The molecule has 1 aliphatic heterocycles. The third kappa shape index (κ3) is 2.82. The Balaban J connectivity index is 2.12. The first kappa shape index (κ1) is 7.03. The van der Waals surface area contributed by atoms with Crippen LogP contribution < -0.4 is 5.32 Å². The highest BCUT2D eigenvalue weighted by molar-refractivity contribution is 4.58. The second-order valence-electron chi connectivity index (χ2n) is 2.71.